The maximum atomic E-state index is 16.5. The Hall–Kier alpha value is -6.28. The van der Waals surface area contributed by atoms with Crippen molar-refractivity contribution in [2.24, 2.45) is 24.6 Å². The van der Waals surface area contributed by atoms with Crippen LogP contribution in [-0.2, 0) is 22.2 Å². The van der Waals surface area contributed by atoms with E-state index in [1.807, 2.05) is 42.2 Å². The van der Waals surface area contributed by atoms with Crippen molar-refractivity contribution < 1.29 is 51.3 Å². The Kier molecular flexibility index (Phi) is 13.9. The fourth-order valence-corrected chi connectivity index (χ4v) is 12.3. The van der Waals surface area contributed by atoms with Gasteiger partial charge in [-0.2, -0.15) is 5.10 Å². The van der Waals surface area contributed by atoms with Gasteiger partial charge < -0.3 is 35.4 Å². The highest BCUT2D eigenvalue weighted by Gasteiger charge is 2.50. The summed E-state index contributed by atoms with van der Waals surface area (Å²) in [6.45, 7) is 4.60. The fourth-order valence-electron chi connectivity index (χ4n) is 12.1. The number of anilines is 1. The number of aromatic nitrogens is 2. The van der Waals surface area contributed by atoms with Gasteiger partial charge in [0.05, 0.1) is 22.6 Å². The molecule has 0 bridgehead atoms. The smallest absolute Gasteiger partial charge is 0.329 e. The summed E-state index contributed by atoms with van der Waals surface area (Å²) in [5.41, 5.74) is 5.20. The van der Waals surface area contributed by atoms with Crippen LogP contribution in [0.5, 0.6) is 11.5 Å². The van der Waals surface area contributed by atoms with E-state index in [1.165, 1.54) is 33.8 Å². The van der Waals surface area contributed by atoms with Gasteiger partial charge in [-0.15, -0.1) is 0 Å². The van der Waals surface area contributed by atoms with Crippen LogP contribution in [0.15, 0.2) is 54.6 Å². The third kappa shape index (κ3) is 9.16. The maximum Gasteiger partial charge on any atom is 0.329 e. The number of fused-ring (bicyclic) bond motifs is 2. The van der Waals surface area contributed by atoms with Crippen molar-refractivity contribution in [1.29, 1.82) is 0 Å². The number of benzene rings is 4. The van der Waals surface area contributed by atoms with Crippen molar-refractivity contribution in [3.05, 3.63) is 105 Å². The second-order valence-corrected chi connectivity index (χ2v) is 20.5. The van der Waals surface area contributed by atoms with Gasteiger partial charge in [-0.05, 0) is 74.8 Å². The van der Waals surface area contributed by atoms with E-state index in [9.17, 15) is 24.3 Å². The SMILES string of the molecule is C[C@H]1c2c(cc(F)c(Cl)c2-c2c(C(N)=O)ccc(OCCO)c2F)O[C@]1(CNC1CCC(C(=O)N2CC[C@@H](CN3CC[C@H](c4c(F)cc5c(N6CCC(=O)NC6=O)nn(C)c5c4F)C3)C2)CC1)c1ccccc1. The van der Waals surface area contributed by atoms with Crippen molar-refractivity contribution in [1.82, 2.24) is 30.2 Å². The Labute approximate surface area is 423 Å². The molecule has 0 spiro atoms. The molecule has 4 aromatic carbocycles. The number of carbonyl (C=O) groups excluding carboxylic acids is 4. The molecule has 15 nitrogen and oxygen atoms in total. The molecular weight excluding hydrogens is 972 g/mol. The molecule has 5 heterocycles. The van der Waals surface area contributed by atoms with Crippen molar-refractivity contribution in [2.45, 2.75) is 75.3 Å². The van der Waals surface area contributed by atoms with Gasteiger partial charge in [0.25, 0.3) is 0 Å². The Morgan fingerprint density at radius 3 is 2.44 bits per heavy atom. The van der Waals surface area contributed by atoms with Crippen LogP contribution in [0.1, 0.15) is 90.8 Å². The van der Waals surface area contributed by atoms with E-state index in [4.69, 9.17) is 26.8 Å². The van der Waals surface area contributed by atoms with Gasteiger partial charge in [0.15, 0.2) is 28.8 Å². The summed E-state index contributed by atoms with van der Waals surface area (Å²) in [5.74, 6) is -5.53. The van der Waals surface area contributed by atoms with Crippen LogP contribution in [0.3, 0.4) is 0 Å². The molecule has 386 valence electrons. The standard InChI is InChI=1S/C53H57ClF4N8O7/c1-28-41-39(23-37(56)45(54)44(41)43-34(49(59)69)12-13-38(46(43)57)72-21-20-67)73-53(28,32-6-4-3-5-7-32)27-60-33-10-8-30(9-11-33)51(70)65-18-14-29(25-65)24-64-17-15-31(26-64)42-36(55)22-35-48(47(42)58)63(2)62-50(35)66-19-16-40(68)61-52(66)71/h3-7,12-13,22-23,28-31,33,60,67H,8-11,14-21,24-27H2,1-2H3,(H2,59,69)(H,61,68,71)/t28-,29-,30?,31-,33?,53-/m0/s1. The minimum absolute atomic E-state index is 0.00298. The lowest BCUT2D eigenvalue weighted by atomic mass is 9.77. The molecule has 5 aromatic rings. The molecule has 4 fully saturated rings. The molecule has 73 heavy (non-hydrogen) atoms. The first kappa shape index (κ1) is 50.3. The number of amides is 5. The fraction of sp³-hybridized carbons (Fsp3) is 0.453. The molecule has 0 radical (unpaired) electrons. The van der Waals surface area contributed by atoms with Crippen LogP contribution in [0.4, 0.5) is 28.2 Å². The number of hydrogen-bond acceptors (Lipinski definition) is 10. The monoisotopic (exact) mass is 1030 g/mol. The number of nitrogens with zero attached hydrogens (tertiary/aromatic N) is 5. The number of aliphatic hydroxyl groups excluding tert-OH is 1. The lowest BCUT2D eigenvalue weighted by Crippen LogP contribution is -2.49. The number of aryl methyl sites for hydroxylation is 1. The topological polar surface area (TPSA) is 185 Å². The van der Waals surface area contributed by atoms with E-state index in [1.54, 1.807) is 7.05 Å². The summed E-state index contributed by atoms with van der Waals surface area (Å²) < 4.78 is 78.1. The molecule has 1 saturated carbocycles. The van der Waals surface area contributed by atoms with Crippen molar-refractivity contribution in [3.8, 4) is 22.6 Å². The van der Waals surface area contributed by atoms with Crippen LogP contribution in [0, 0.1) is 35.1 Å². The summed E-state index contributed by atoms with van der Waals surface area (Å²) in [6.07, 6.45) is 4.18. The predicted molar refractivity (Wildman–Crippen MR) is 263 cm³/mol. The summed E-state index contributed by atoms with van der Waals surface area (Å²) in [7, 11) is 1.54. The first-order valence-electron chi connectivity index (χ1n) is 24.9. The molecule has 20 heteroatoms. The second kappa shape index (κ2) is 20.2. The molecule has 4 aliphatic heterocycles. The molecule has 10 rings (SSSR count). The molecule has 1 aliphatic carbocycles. The number of imide groups is 1. The Morgan fingerprint density at radius 1 is 0.945 bits per heavy atom. The summed E-state index contributed by atoms with van der Waals surface area (Å²) in [5, 5.41) is 19.4. The van der Waals surface area contributed by atoms with Crippen LogP contribution < -0.4 is 30.7 Å². The third-order valence-electron chi connectivity index (χ3n) is 15.8. The number of hydrogen-bond donors (Lipinski definition) is 4. The van der Waals surface area contributed by atoms with Crippen LogP contribution >= 0.6 is 11.6 Å². The van der Waals surface area contributed by atoms with Gasteiger partial charge in [-0.25, -0.2) is 22.4 Å². The molecule has 3 saturated heterocycles. The number of primary amides is 1. The number of carbonyl (C=O) groups is 4. The normalized spacial score (nSPS) is 24.3. The zero-order valence-electron chi connectivity index (χ0n) is 40.5. The summed E-state index contributed by atoms with van der Waals surface area (Å²) in [4.78, 5) is 56.5. The van der Waals surface area contributed by atoms with Gasteiger partial charge in [-0.3, -0.25) is 29.3 Å². The number of ether oxygens (including phenoxy) is 2. The first-order chi connectivity index (χ1) is 35.1. The lowest BCUT2D eigenvalue weighted by Gasteiger charge is -2.37. The second-order valence-electron chi connectivity index (χ2n) is 20.1. The maximum absolute atomic E-state index is 16.5. The molecule has 0 unspecified atom stereocenters. The largest absolute Gasteiger partial charge is 0.488 e. The number of nitrogens with one attached hydrogen (secondary N) is 2. The number of halogens is 5. The van der Waals surface area contributed by atoms with Gasteiger partial charge in [0.2, 0.25) is 17.7 Å². The average molecular weight is 1030 g/mol. The molecular formula is C53H57ClF4N8O7. The minimum atomic E-state index is -1.15. The van der Waals surface area contributed by atoms with E-state index in [0.717, 1.165) is 12.0 Å². The number of nitrogens with two attached hydrogens (primary N) is 1. The van der Waals surface area contributed by atoms with E-state index < -0.39 is 70.2 Å². The quantitative estimate of drug-likeness (QED) is 0.0827. The number of likely N-dealkylation sites (tertiary alicyclic amines) is 2. The van der Waals surface area contributed by atoms with Crippen LogP contribution in [0.25, 0.3) is 22.0 Å². The van der Waals surface area contributed by atoms with E-state index >= 15 is 17.6 Å². The summed E-state index contributed by atoms with van der Waals surface area (Å²) >= 11 is 6.71. The molecule has 5 amide bonds. The number of urea groups is 1. The average Bonchev–Trinajstić information content (AvgIpc) is 4.17. The van der Waals surface area contributed by atoms with E-state index in [0.29, 0.717) is 70.4 Å². The minimum Gasteiger partial charge on any atom is -0.488 e. The zero-order chi connectivity index (χ0) is 51.5. The number of rotatable bonds is 14. The number of aliphatic hydroxyl groups is 1. The third-order valence-corrected chi connectivity index (χ3v) is 16.1. The lowest BCUT2D eigenvalue weighted by molar-refractivity contribution is -0.135. The van der Waals surface area contributed by atoms with Crippen LogP contribution in [-0.4, -0.2) is 114 Å². The highest BCUT2D eigenvalue weighted by atomic mass is 35.5. The Bertz CT molecular complexity index is 3010. The highest BCUT2D eigenvalue weighted by molar-refractivity contribution is 6.34. The van der Waals surface area contributed by atoms with Gasteiger partial charge in [-0.1, -0.05) is 48.9 Å². The molecule has 5 aliphatic rings. The summed E-state index contributed by atoms with van der Waals surface area (Å²) in [6, 6.07) is 13.7. The molecule has 4 atom stereocenters. The van der Waals surface area contributed by atoms with Crippen molar-refractivity contribution in [2.75, 3.05) is 63.9 Å². The Morgan fingerprint density at radius 2 is 1.71 bits per heavy atom. The predicted octanol–water partition coefficient (Wildman–Crippen LogP) is 7.24. The highest BCUT2D eigenvalue weighted by Crippen LogP contribution is 2.56. The zero-order valence-corrected chi connectivity index (χ0v) is 41.3. The van der Waals surface area contributed by atoms with E-state index in [2.05, 4.69) is 20.6 Å². The van der Waals surface area contributed by atoms with Crippen molar-refractivity contribution in [3.63, 3.8) is 0 Å². The van der Waals surface area contributed by atoms with Crippen LogP contribution in [0.2, 0.25) is 5.02 Å². The van der Waals surface area contributed by atoms with Gasteiger partial charge >= 0.3 is 6.03 Å². The van der Waals surface area contributed by atoms with Gasteiger partial charge in [0.1, 0.15) is 29.5 Å². The van der Waals surface area contributed by atoms with Gasteiger partial charge in [0, 0.05) is 105 Å². The molecule has 1 aromatic heterocycles. The Balaban J connectivity index is 0.774. The molecule has 5 N–H and O–H groups in total. The van der Waals surface area contributed by atoms with Crippen molar-refractivity contribution >= 4 is 52.1 Å². The first-order valence-corrected chi connectivity index (χ1v) is 25.3. The van der Waals surface area contributed by atoms with E-state index in [-0.39, 0.29) is 100 Å².